The lowest BCUT2D eigenvalue weighted by atomic mass is 10.2. The predicted octanol–water partition coefficient (Wildman–Crippen LogP) is 1.63. The Kier molecular flexibility index (Phi) is 6.25. The van der Waals surface area contributed by atoms with Gasteiger partial charge in [0.05, 0.1) is 5.02 Å². The minimum absolute atomic E-state index is 0.0327. The third-order valence-electron chi connectivity index (χ3n) is 2.87. The minimum Gasteiger partial charge on any atom is -0.326 e. The van der Waals surface area contributed by atoms with E-state index in [1.54, 1.807) is 0 Å². The second-order valence-corrected chi connectivity index (χ2v) is 7.54. The first kappa shape index (κ1) is 17.7. The molecule has 0 saturated carbocycles. The first-order valence-electron chi connectivity index (χ1n) is 5.99. The largest absolute Gasteiger partial charge is 0.326 e. The molecule has 0 fully saturated rings. The van der Waals surface area contributed by atoms with Crippen molar-refractivity contribution < 1.29 is 8.42 Å². The molecule has 0 heterocycles. The number of hydrogen-bond acceptors (Lipinski definition) is 4. The molecule has 0 bridgehead atoms. The van der Waals surface area contributed by atoms with Gasteiger partial charge in [-0.05, 0) is 31.8 Å². The maximum atomic E-state index is 12.5. The van der Waals surface area contributed by atoms with E-state index in [4.69, 9.17) is 28.9 Å². The zero-order valence-electron chi connectivity index (χ0n) is 11.7. The van der Waals surface area contributed by atoms with Crippen LogP contribution in [0.5, 0.6) is 0 Å². The molecular formula is C12H19Cl2N3O2S. The van der Waals surface area contributed by atoms with Gasteiger partial charge >= 0.3 is 0 Å². The Morgan fingerprint density at radius 2 is 1.70 bits per heavy atom. The lowest BCUT2D eigenvalue weighted by Crippen LogP contribution is -2.33. The smallest absolute Gasteiger partial charge is 0.244 e. The summed E-state index contributed by atoms with van der Waals surface area (Å²) in [5.41, 5.74) is 6.10. The average molecular weight is 340 g/mol. The van der Waals surface area contributed by atoms with Crippen molar-refractivity contribution >= 4 is 33.2 Å². The van der Waals surface area contributed by atoms with E-state index in [1.807, 2.05) is 19.0 Å². The number of sulfonamides is 1. The first-order chi connectivity index (χ1) is 9.20. The van der Waals surface area contributed by atoms with Crippen molar-refractivity contribution in [2.45, 2.75) is 11.4 Å². The van der Waals surface area contributed by atoms with E-state index in [1.165, 1.54) is 23.5 Å². The normalized spacial score (nSPS) is 12.4. The highest BCUT2D eigenvalue weighted by atomic mass is 35.5. The lowest BCUT2D eigenvalue weighted by Gasteiger charge is -2.20. The SMILES string of the molecule is CN(C)CCN(C)S(=O)(=O)c1cc(CN)c(Cl)cc1Cl. The van der Waals surface area contributed by atoms with Crippen LogP contribution in [0, 0.1) is 0 Å². The van der Waals surface area contributed by atoms with Gasteiger partial charge in [0.2, 0.25) is 10.0 Å². The lowest BCUT2D eigenvalue weighted by molar-refractivity contribution is 0.358. The fourth-order valence-electron chi connectivity index (χ4n) is 1.55. The molecule has 0 unspecified atom stereocenters. The van der Waals surface area contributed by atoms with Gasteiger partial charge in [-0.15, -0.1) is 0 Å². The van der Waals surface area contributed by atoms with Crippen LogP contribution in [0.25, 0.3) is 0 Å². The Morgan fingerprint density at radius 3 is 2.20 bits per heavy atom. The van der Waals surface area contributed by atoms with Gasteiger partial charge in [0.15, 0.2) is 0 Å². The topological polar surface area (TPSA) is 66.6 Å². The van der Waals surface area contributed by atoms with Crippen molar-refractivity contribution in [1.82, 2.24) is 9.21 Å². The number of halogens is 2. The molecule has 0 saturated heterocycles. The van der Waals surface area contributed by atoms with Crippen molar-refractivity contribution in [3.8, 4) is 0 Å². The van der Waals surface area contributed by atoms with Gasteiger partial charge in [0.25, 0.3) is 0 Å². The third kappa shape index (κ3) is 4.07. The average Bonchev–Trinajstić information content (AvgIpc) is 2.35. The van der Waals surface area contributed by atoms with E-state index in [0.717, 1.165) is 0 Å². The Balaban J connectivity index is 3.15. The minimum atomic E-state index is -3.65. The summed E-state index contributed by atoms with van der Waals surface area (Å²) in [4.78, 5) is 1.94. The van der Waals surface area contributed by atoms with Crippen LogP contribution in [0.2, 0.25) is 10.0 Å². The molecule has 0 aromatic heterocycles. The molecule has 0 amide bonds. The van der Waals surface area contributed by atoms with E-state index in [2.05, 4.69) is 0 Å². The Bertz CT molecular complexity index is 576. The van der Waals surface area contributed by atoms with Crippen molar-refractivity contribution in [2.24, 2.45) is 5.73 Å². The highest BCUT2D eigenvalue weighted by Gasteiger charge is 2.24. The van der Waals surface area contributed by atoms with E-state index < -0.39 is 10.0 Å². The number of nitrogens with two attached hydrogens (primary N) is 1. The van der Waals surface area contributed by atoms with Gasteiger partial charge in [-0.3, -0.25) is 0 Å². The molecule has 0 radical (unpaired) electrons. The number of likely N-dealkylation sites (N-methyl/N-ethyl adjacent to an activating group) is 2. The van der Waals surface area contributed by atoms with Crippen LogP contribution in [-0.4, -0.2) is 51.9 Å². The van der Waals surface area contributed by atoms with E-state index in [9.17, 15) is 8.42 Å². The zero-order valence-corrected chi connectivity index (χ0v) is 14.1. The van der Waals surface area contributed by atoms with Gasteiger partial charge < -0.3 is 10.6 Å². The van der Waals surface area contributed by atoms with Crippen LogP contribution >= 0.6 is 23.2 Å². The summed E-state index contributed by atoms with van der Waals surface area (Å²) >= 11 is 12.0. The van der Waals surface area contributed by atoms with Gasteiger partial charge in [-0.1, -0.05) is 23.2 Å². The standard InChI is InChI=1S/C12H19Cl2N3O2S/c1-16(2)4-5-17(3)20(18,19)12-6-9(8-15)10(13)7-11(12)14/h6-7H,4-5,8,15H2,1-3H3. The zero-order chi connectivity index (χ0) is 15.5. The molecule has 114 valence electrons. The fourth-order valence-corrected chi connectivity index (χ4v) is 3.56. The van der Waals surface area contributed by atoms with E-state index in [-0.39, 0.29) is 16.5 Å². The van der Waals surface area contributed by atoms with Crippen LogP contribution in [0.3, 0.4) is 0 Å². The van der Waals surface area contributed by atoms with Crippen molar-refractivity contribution in [2.75, 3.05) is 34.2 Å². The van der Waals surface area contributed by atoms with E-state index >= 15 is 0 Å². The van der Waals surface area contributed by atoms with Gasteiger partial charge in [-0.2, -0.15) is 4.31 Å². The summed E-state index contributed by atoms with van der Waals surface area (Å²) in [6.07, 6.45) is 0. The highest BCUT2D eigenvalue weighted by molar-refractivity contribution is 7.89. The summed E-state index contributed by atoms with van der Waals surface area (Å²) in [7, 11) is 1.62. The van der Waals surface area contributed by atoms with Crippen LogP contribution in [0.4, 0.5) is 0 Å². The number of nitrogens with zero attached hydrogens (tertiary/aromatic N) is 2. The second-order valence-electron chi connectivity index (χ2n) is 4.71. The predicted molar refractivity (Wildman–Crippen MR) is 82.7 cm³/mol. The summed E-state index contributed by atoms with van der Waals surface area (Å²) in [5.74, 6) is 0. The second kappa shape index (κ2) is 7.06. The van der Waals surface area contributed by atoms with E-state index in [0.29, 0.717) is 23.7 Å². The molecular weight excluding hydrogens is 321 g/mol. The molecule has 8 heteroatoms. The summed E-state index contributed by atoms with van der Waals surface area (Å²) in [6, 6.07) is 2.85. The highest BCUT2D eigenvalue weighted by Crippen LogP contribution is 2.30. The molecule has 0 spiro atoms. The Hall–Kier alpha value is -0.370. The maximum Gasteiger partial charge on any atom is 0.244 e. The molecule has 1 aromatic rings. The summed E-state index contributed by atoms with van der Waals surface area (Å²) in [6.45, 7) is 1.14. The molecule has 0 aliphatic carbocycles. The fraction of sp³-hybridized carbons (Fsp3) is 0.500. The quantitative estimate of drug-likeness (QED) is 0.855. The molecule has 0 atom stereocenters. The first-order valence-corrected chi connectivity index (χ1v) is 8.18. The summed E-state index contributed by atoms with van der Waals surface area (Å²) < 4.78 is 26.2. The van der Waals surface area contributed by atoms with Gasteiger partial charge in [-0.25, -0.2) is 8.42 Å². The summed E-state index contributed by atoms with van der Waals surface area (Å²) in [5, 5.41) is 0.469. The van der Waals surface area contributed by atoms with Crippen molar-refractivity contribution in [3.05, 3.63) is 27.7 Å². The molecule has 5 nitrogen and oxygen atoms in total. The van der Waals surface area contributed by atoms with Crippen molar-refractivity contribution in [1.29, 1.82) is 0 Å². The Labute approximate surface area is 130 Å². The number of benzene rings is 1. The third-order valence-corrected chi connectivity index (χ3v) is 5.54. The molecule has 1 aromatic carbocycles. The Morgan fingerprint density at radius 1 is 1.10 bits per heavy atom. The van der Waals surface area contributed by atoms with Crippen molar-refractivity contribution in [3.63, 3.8) is 0 Å². The maximum absolute atomic E-state index is 12.5. The van der Waals surface area contributed by atoms with Crippen LogP contribution in [0.15, 0.2) is 17.0 Å². The number of rotatable bonds is 6. The number of hydrogen-bond donors (Lipinski definition) is 1. The van der Waals surface area contributed by atoms with Crippen LogP contribution in [-0.2, 0) is 16.6 Å². The molecule has 1 rings (SSSR count). The van der Waals surface area contributed by atoms with Gasteiger partial charge in [0, 0.05) is 31.7 Å². The molecule has 0 aliphatic rings. The molecule has 0 aliphatic heterocycles. The van der Waals surface area contributed by atoms with Crippen LogP contribution in [0.1, 0.15) is 5.56 Å². The molecule has 2 N–H and O–H groups in total. The van der Waals surface area contributed by atoms with Crippen LogP contribution < -0.4 is 5.73 Å². The molecule has 20 heavy (non-hydrogen) atoms. The monoisotopic (exact) mass is 339 g/mol. The van der Waals surface area contributed by atoms with Gasteiger partial charge in [0.1, 0.15) is 4.90 Å².